The Morgan fingerprint density at radius 2 is 1.93 bits per heavy atom. The lowest BCUT2D eigenvalue weighted by Crippen LogP contribution is -2.49. The van der Waals surface area contributed by atoms with Crippen molar-refractivity contribution in [2.24, 2.45) is 0 Å². The maximum atomic E-state index is 7.00. The molecule has 0 atom stereocenters. The molecule has 1 rings (SSSR count). The van der Waals surface area contributed by atoms with Gasteiger partial charge >= 0.3 is 0 Å². The number of hydrogen-bond acceptors (Lipinski definition) is 3. The summed E-state index contributed by atoms with van der Waals surface area (Å²) in [7, 11) is 1.00. The van der Waals surface area contributed by atoms with Crippen LogP contribution in [-0.4, -0.2) is 31.5 Å². The Morgan fingerprint density at radius 3 is 2.40 bits per heavy atom. The molecule has 0 saturated carbocycles. The van der Waals surface area contributed by atoms with Gasteiger partial charge in [-0.3, -0.25) is 10.6 Å². The first-order chi connectivity index (χ1) is 7.38. The molecule has 0 aromatic heterocycles. The summed E-state index contributed by atoms with van der Waals surface area (Å²) < 4.78 is 0. The van der Waals surface area contributed by atoms with Crippen LogP contribution in [0, 0.1) is 0 Å². The second kappa shape index (κ2) is 9.65. The van der Waals surface area contributed by atoms with E-state index < -0.39 is 0 Å². The lowest BCUT2D eigenvalue weighted by Gasteiger charge is -2.25. The fourth-order valence-electron chi connectivity index (χ4n) is 1.38. The summed E-state index contributed by atoms with van der Waals surface area (Å²) in [6.45, 7) is 7.98. The molecular formula is C12H22N2O. The molecule has 0 radical (unpaired) electrons. The van der Waals surface area contributed by atoms with Crippen LogP contribution in [0.2, 0.25) is 0 Å². The topological polar surface area (TPSA) is 44.3 Å². The first-order valence-corrected chi connectivity index (χ1v) is 5.25. The predicted molar refractivity (Wildman–Crippen MR) is 65.6 cm³/mol. The molecule has 0 aliphatic carbocycles. The third kappa shape index (κ3) is 5.52. The summed E-state index contributed by atoms with van der Waals surface area (Å²) in [6, 6.07) is 0. The van der Waals surface area contributed by atoms with Crippen molar-refractivity contribution in [2.75, 3.05) is 20.2 Å². The van der Waals surface area contributed by atoms with Crippen molar-refractivity contribution in [3.8, 4) is 0 Å². The van der Waals surface area contributed by atoms with Crippen molar-refractivity contribution in [2.45, 2.75) is 19.5 Å². The zero-order valence-electron chi connectivity index (χ0n) is 9.66. The van der Waals surface area contributed by atoms with E-state index in [0.717, 1.165) is 20.2 Å². The maximum absolute atomic E-state index is 7.00. The lowest BCUT2D eigenvalue weighted by atomic mass is 10.1. The predicted octanol–water partition coefficient (Wildman–Crippen LogP) is 1.19. The fraction of sp³-hybridized carbons (Fsp3) is 0.500. The van der Waals surface area contributed by atoms with Crippen LogP contribution >= 0.6 is 0 Å². The van der Waals surface area contributed by atoms with Gasteiger partial charge in [-0.25, -0.2) is 0 Å². The molecule has 0 amide bonds. The molecule has 1 aliphatic rings. The molecule has 3 heteroatoms. The smallest absolute Gasteiger partial charge is 0.0835 e. The first-order valence-electron chi connectivity index (χ1n) is 5.25. The first kappa shape index (κ1) is 14.1. The van der Waals surface area contributed by atoms with Crippen LogP contribution in [0.15, 0.2) is 36.5 Å². The monoisotopic (exact) mass is 210 g/mol. The van der Waals surface area contributed by atoms with Crippen LogP contribution in [0.5, 0.6) is 0 Å². The number of hydrogen-bond donors (Lipinski definition) is 3. The van der Waals surface area contributed by atoms with E-state index in [1.165, 1.54) is 12.0 Å². The molecule has 3 nitrogen and oxygen atoms in total. The minimum absolute atomic E-state index is 0.280. The van der Waals surface area contributed by atoms with Crippen molar-refractivity contribution in [1.82, 2.24) is 10.6 Å². The Bertz CT molecular complexity index is 216. The van der Waals surface area contributed by atoms with Gasteiger partial charge in [-0.15, -0.1) is 0 Å². The van der Waals surface area contributed by atoms with Gasteiger partial charge in [-0.2, -0.15) is 0 Å². The molecule has 0 spiro atoms. The molecule has 1 fully saturated rings. The minimum atomic E-state index is 0.280. The van der Waals surface area contributed by atoms with E-state index in [4.69, 9.17) is 5.11 Å². The summed E-state index contributed by atoms with van der Waals surface area (Å²) in [5, 5.41) is 13.8. The fourth-order valence-corrected chi connectivity index (χ4v) is 1.38. The van der Waals surface area contributed by atoms with Gasteiger partial charge in [-0.05, 0) is 32.0 Å². The highest BCUT2D eigenvalue weighted by atomic mass is 16.2. The van der Waals surface area contributed by atoms with Crippen LogP contribution < -0.4 is 10.6 Å². The lowest BCUT2D eigenvalue weighted by molar-refractivity contribution is 0.399. The Labute approximate surface area is 92.6 Å². The van der Waals surface area contributed by atoms with Crippen molar-refractivity contribution in [3.05, 3.63) is 36.5 Å². The summed E-state index contributed by atoms with van der Waals surface area (Å²) in [5.74, 6) is 0. The molecule has 1 aliphatic heterocycles. The van der Waals surface area contributed by atoms with Crippen molar-refractivity contribution < 1.29 is 5.11 Å². The van der Waals surface area contributed by atoms with Crippen LogP contribution in [0.25, 0.3) is 0 Å². The number of nitrogens with one attached hydrogen (secondary N) is 2. The SMILES string of the molecule is C=C/C(=C\C=C\C)C1NCCCN1.CO. The third-order valence-corrected chi connectivity index (χ3v) is 2.10. The van der Waals surface area contributed by atoms with Crippen molar-refractivity contribution in [1.29, 1.82) is 0 Å². The van der Waals surface area contributed by atoms with E-state index in [-0.39, 0.29) is 6.17 Å². The second-order valence-corrected chi connectivity index (χ2v) is 3.09. The van der Waals surface area contributed by atoms with Gasteiger partial charge in [0.15, 0.2) is 0 Å². The highest BCUT2D eigenvalue weighted by Gasteiger charge is 2.12. The third-order valence-electron chi connectivity index (χ3n) is 2.10. The quantitative estimate of drug-likeness (QED) is 0.613. The van der Waals surface area contributed by atoms with Gasteiger partial charge in [0.2, 0.25) is 0 Å². The van der Waals surface area contributed by atoms with E-state index in [0.29, 0.717) is 0 Å². The van der Waals surface area contributed by atoms with E-state index in [2.05, 4.69) is 23.3 Å². The molecule has 1 heterocycles. The molecule has 3 N–H and O–H groups in total. The van der Waals surface area contributed by atoms with Crippen molar-refractivity contribution >= 4 is 0 Å². The second-order valence-electron chi connectivity index (χ2n) is 3.09. The molecule has 0 unspecified atom stereocenters. The Balaban J connectivity index is 0.000000921. The van der Waals surface area contributed by atoms with Gasteiger partial charge in [0.25, 0.3) is 0 Å². The number of allylic oxidation sites excluding steroid dienone is 3. The zero-order valence-corrected chi connectivity index (χ0v) is 9.66. The summed E-state index contributed by atoms with van der Waals surface area (Å²) >= 11 is 0. The molecule has 15 heavy (non-hydrogen) atoms. The highest BCUT2D eigenvalue weighted by molar-refractivity contribution is 5.27. The molecule has 0 aromatic carbocycles. The van der Waals surface area contributed by atoms with E-state index in [1.807, 2.05) is 25.2 Å². The maximum Gasteiger partial charge on any atom is 0.0835 e. The highest BCUT2D eigenvalue weighted by Crippen LogP contribution is 2.04. The van der Waals surface area contributed by atoms with E-state index in [9.17, 15) is 0 Å². The molecular weight excluding hydrogens is 188 g/mol. The summed E-state index contributed by atoms with van der Waals surface area (Å²) in [6.07, 6.45) is 9.52. The van der Waals surface area contributed by atoms with E-state index >= 15 is 0 Å². The number of rotatable bonds is 3. The normalized spacial score (nSPS) is 18.5. The zero-order chi connectivity index (χ0) is 11.5. The van der Waals surface area contributed by atoms with Gasteiger partial charge in [0.1, 0.15) is 0 Å². The van der Waals surface area contributed by atoms with E-state index in [1.54, 1.807) is 0 Å². The molecule has 0 bridgehead atoms. The Hall–Kier alpha value is -0.900. The van der Waals surface area contributed by atoms with Gasteiger partial charge in [0, 0.05) is 7.11 Å². The average Bonchev–Trinajstić information content (AvgIpc) is 2.34. The Kier molecular flexibility index (Phi) is 9.07. The average molecular weight is 210 g/mol. The Morgan fingerprint density at radius 1 is 1.33 bits per heavy atom. The summed E-state index contributed by atoms with van der Waals surface area (Å²) in [5.41, 5.74) is 1.21. The largest absolute Gasteiger partial charge is 0.400 e. The minimum Gasteiger partial charge on any atom is -0.400 e. The molecule has 0 aromatic rings. The molecule has 86 valence electrons. The summed E-state index contributed by atoms with van der Waals surface area (Å²) in [4.78, 5) is 0. The standard InChI is InChI=1S/C11H18N2.CH4O/c1-3-5-7-10(4-2)11-12-8-6-9-13-11;1-2/h3-5,7,11-13H,2,6,8-9H2,1H3;2H,1H3/b5-3+,10-7+;. The van der Waals surface area contributed by atoms with Crippen LogP contribution in [0.4, 0.5) is 0 Å². The number of aliphatic hydroxyl groups is 1. The van der Waals surface area contributed by atoms with Gasteiger partial charge in [-0.1, -0.05) is 30.9 Å². The van der Waals surface area contributed by atoms with Gasteiger partial charge < -0.3 is 5.11 Å². The van der Waals surface area contributed by atoms with Crippen molar-refractivity contribution in [3.63, 3.8) is 0 Å². The van der Waals surface area contributed by atoms with Crippen LogP contribution in [-0.2, 0) is 0 Å². The van der Waals surface area contributed by atoms with Crippen LogP contribution in [0.3, 0.4) is 0 Å². The van der Waals surface area contributed by atoms with Crippen LogP contribution in [0.1, 0.15) is 13.3 Å². The van der Waals surface area contributed by atoms with Gasteiger partial charge in [0.05, 0.1) is 6.17 Å². The molecule has 1 saturated heterocycles. The number of aliphatic hydroxyl groups excluding tert-OH is 1.